The first kappa shape index (κ1) is 24.5. The number of nitrogens with one attached hydrogen (secondary N) is 3. The highest BCUT2D eigenvalue weighted by Crippen LogP contribution is 2.16. The minimum absolute atomic E-state index is 0.0654. The molecule has 2 aliphatic rings. The van der Waals surface area contributed by atoms with Gasteiger partial charge in [0.25, 0.3) is 5.91 Å². The molecule has 1 amide bonds. The summed E-state index contributed by atoms with van der Waals surface area (Å²) in [4.78, 5) is 19.2. The summed E-state index contributed by atoms with van der Waals surface area (Å²) in [7, 11) is 1.79. The molecule has 1 aromatic rings. The number of ether oxygens (including phenoxy) is 2. The maximum atomic E-state index is 12.3. The number of rotatable bonds is 9. The predicted molar refractivity (Wildman–Crippen MR) is 128 cm³/mol. The summed E-state index contributed by atoms with van der Waals surface area (Å²) in [6, 6.07) is 8.34. The van der Waals surface area contributed by atoms with Gasteiger partial charge in [0.2, 0.25) is 0 Å². The van der Waals surface area contributed by atoms with Crippen molar-refractivity contribution in [2.75, 3.05) is 51.8 Å². The molecule has 0 bridgehead atoms. The Morgan fingerprint density at radius 3 is 2.72 bits per heavy atom. The highest BCUT2D eigenvalue weighted by Gasteiger charge is 2.24. The largest absolute Gasteiger partial charge is 0.379 e. The van der Waals surface area contributed by atoms with Crippen LogP contribution in [0.2, 0.25) is 0 Å². The molecule has 1 aromatic carbocycles. The Kier molecular flexibility index (Phi) is 9.77. The Bertz CT molecular complexity index is 743. The number of amides is 1. The van der Waals surface area contributed by atoms with Gasteiger partial charge in [0.15, 0.2) is 5.96 Å². The van der Waals surface area contributed by atoms with Crippen LogP contribution >= 0.6 is 0 Å². The third kappa shape index (κ3) is 7.76. The zero-order valence-electron chi connectivity index (χ0n) is 19.7. The number of carbonyl (C=O) groups excluding carboxylic acids is 1. The third-order valence-corrected chi connectivity index (χ3v) is 5.91. The van der Waals surface area contributed by atoms with Gasteiger partial charge in [-0.15, -0.1) is 0 Å². The number of anilines is 1. The Labute approximate surface area is 192 Å². The quantitative estimate of drug-likeness (QED) is 0.399. The molecular weight excluding hydrogens is 406 g/mol. The van der Waals surface area contributed by atoms with Gasteiger partial charge in [0.1, 0.15) is 6.10 Å². The molecule has 8 nitrogen and oxygen atoms in total. The number of nitrogens with zero attached hydrogens (tertiary/aromatic N) is 2. The summed E-state index contributed by atoms with van der Waals surface area (Å²) in [6.45, 7) is 10.2. The van der Waals surface area contributed by atoms with E-state index in [0.29, 0.717) is 25.1 Å². The van der Waals surface area contributed by atoms with Gasteiger partial charge in [-0.2, -0.15) is 0 Å². The lowest BCUT2D eigenvalue weighted by Crippen LogP contribution is -2.50. The Balaban J connectivity index is 1.49. The van der Waals surface area contributed by atoms with Crippen molar-refractivity contribution in [2.45, 2.75) is 51.8 Å². The lowest BCUT2D eigenvalue weighted by Gasteiger charge is -2.35. The molecule has 32 heavy (non-hydrogen) atoms. The smallest absolute Gasteiger partial charge is 0.253 e. The van der Waals surface area contributed by atoms with Gasteiger partial charge < -0.3 is 25.4 Å². The van der Waals surface area contributed by atoms with Crippen molar-refractivity contribution in [1.82, 2.24) is 15.5 Å². The van der Waals surface area contributed by atoms with Crippen LogP contribution in [0, 0.1) is 5.92 Å². The van der Waals surface area contributed by atoms with Crippen molar-refractivity contribution in [2.24, 2.45) is 10.9 Å². The van der Waals surface area contributed by atoms with E-state index in [4.69, 9.17) is 9.47 Å². The number of hydrogen-bond acceptors (Lipinski definition) is 5. The van der Waals surface area contributed by atoms with E-state index in [0.717, 1.165) is 69.3 Å². The Hall–Kier alpha value is -2.16. The molecule has 8 heteroatoms. The minimum Gasteiger partial charge on any atom is -0.379 e. The highest BCUT2D eigenvalue weighted by molar-refractivity contribution is 5.94. The predicted octanol–water partition coefficient (Wildman–Crippen LogP) is 2.22. The van der Waals surface area contributed by atoms with Gasteiger partial charge >= 0.3 is 0 Å². The first-order chi connectivity index (χ1) is 15.5. The first-order valence-corrected chi connectivity index (χ1v) is 11.8. The molecule has 178 valence electrons. The van der Waals surface area contributed by atoms with E-state index in [1.807, 2.05) is 24.3 Å². The molecule has 3 N–H and O–H groups in total. The van der Waals surface area contributed by atoms with E-state index in [1.54, 1.807) is 7.05 Å². The molecule has 0 saturated carbocycles. The van der Waals surface area contributed by atoms with Gasteiger partial charge in [-0.1, -0.05) is 26.0 Å². The van der Waals surface area contributed by atoms with E-state index in [9.17, 15) is 4.79 Å². The van der Waals surface area contributed by atoms with Crippen LogP contribution in [0.3, 0.4) is 0 Å². The van der Waals surface area contributed by atoms with Crippen molar-refractivity contribution in [3.63, 3.8) is 0 Å². The van der Waals surface area contributed by atoms with Crippen LogP contribution in [0.15, 0.2) is 29.3 Å². The van der Waals surface area contributed by atoms with Crippen LogP contribution in [0.25, 0.3) is 0 Å². The highest BCUT2D eigenvalue weighted by atomic mass is 16.5. The SMILES string of the molecule is CN=C(NCc1cccc(NC(=O)C2CCCO2)c1)NCC(CC(C)C)N1CCOCC1. The normalized spacial score (nSPS) is 20.9. The molecular formula is C24H39N5O3. The number of guanidine groups is 1. The van der Waals surface area contributed by atoms with Crippen molar-refractivity contribution in [1.29, 1.82) is 0 Å². The van der Waals surface area contributed by atoms with Gasteiger partial charge in [-0.05, 0) is 42.9 Å². The van der Waals surface area contributed by atoms with E-state index >= 15 is 0 Å². The van der Waals surface area contributed by atoms with Gasteiger partial charge in [0, 0.05) is 51.6 Å². The molecule has 0 radical (unpaired) electrons. The second kappa shape index (κ2) is 12.8. The summed E-state index contributed by atoms with van der Waals surface area (Å²) in [5.74, 6) is 1.34. The molecule has 2 fully saturated rings. The summed E-state index contributed by atoms with van der Waals surface area (Å²) < 4.78 is 11.0. The zero-order valence-corrected chi connectivity index (χ0v) is 19.7. The molecule has 2 saturated heterocycles. The van der Waals surface area contributed by atoms with Crippen LogP contribution in [0.5, 0.6) is 0 Å². The fourth-order valence-corrected chi connectivity index (χ4v) is 4.24. The fourth-order valence-electron chi connectivity index (χ4n) is 4.24. The average Bonchev–Trinajstić information content (AvgIpc) is 3.34. The maximum absolute atomic E-state index is 12.3. The third-order valence-electron chi connectivity index (χ3n) is 5.91. The van der Waals surface area contributed by atoms with Crippen molar-refractivity contribution in [3.8, 4) is 0 Å². The first-order valence-electron chi connectivity index (χ1n) is 11.8. The lowest BCUT2D eigenvalue weighted by molar-refractivity contribution is -0.124. The summed E-state index contributed by atoms with van der Waals surface area (Å²) in [6.07, 6.45) is 2.54. The average molecular weight is 446 g/mol. The van der Waals surface area contributed by atoms with E-state index < -0.39 is 0 Å². The van der Waals surface area contributed by atoms with Crippen LogP contribution in [-0.4, -0.2) is 75.4 Å². The van der Waals surface area contributed by atoms with E-state index in [1.165, 1.54) is 0 Å². The van der Waals surface area contributed by atoms with Crippen molar-refractivity contribution >= 4 is 17.6 Å². The van der Waals surface area contributed by atoms with E-state index in [2.05, 4.69) is 39.7 Å². The second-order valence-electron chi connectivity index (χ2n) is 8.93. The summed E-state index contributed by atoms with van der Waals surface area (Å²) in [5.41, 5.74) is 1.86. The van der Waals surface area contributed by atoms with Crippen molar-refractivity contribution < 1.29 is 14.3 Å². The monoisotopic (exact) mass is 445 g/mol. The Morgan fingerprint density at radius 2 is 2.03 bits per heavy atom. The minimum atomic E-state index is -0.329. The molecule has 3 rings (SSSR count). The van der Waals surface area contributed by atoms with Crippen LogP contribution in [0.1, 0.15) is 38.7 Å². The number of benzene rings is 1. The number of aliphatic imine (C=N–C) groups is 1. The summed E-state index contributed by atoms with van der Waals surface area (Å²) >= 11 is 0. The van der Waals surface area contributed by atoms with Gasteiger partial charge in [-0.25, -0.2) is 0 Å². The molecule has 2 aliphatic heterocycles. The molecule has 0 aliphatic carbocycles. The van der Waals surface area contributed by atoms with Crippen LogP contribution < -0.4 is 16.0 Å². The van der Waals surface area contributed by atoms with Crippen molar-refractivity contribution in [3.05, 3.63) is 29.8 Å². The van der Waals surface area contributed by atoms with Gasteiger partial charge in [-0.3, -0.25) is 14.7 Å². The second-order valence-corrected chi connectivity index (χ2v) is 8.93. The maximum Gasteiger partial charge on any atom is 0.253 e. The number of hydrogen-bond donors (Lipinski definition) is 3. The number of morpholine rings is 1. The topological polar surface area (TPSA) is 87.2 Å². The lowest BCUT2D eigenvalue weighted by atomic mass is 10.0. The summed E-state index contributed by atoms with van der Waals surface area (Å²) in [5, 5.41) is 9.85. The zero-order chi connectivity index (χ0) is 22.8. The molecule has 0 aromatic heterocycles. The van der Waals surface area contributed by atoms with Crippen LogP contribution in [-0.2, 0) is 20.8 Å². The Morgan fingerprint density at radius 1 is 1.22 bits per heavy atom. The van der Waals surface area contributed by atoms with Gasteiger partial charge in [0.05, 0.1) is 13.2 Å². The fraction of sp³-hybridized carbons (Fsp3) is 0.667. The molecule has 2 unspecified atom stereocenters. The molecule has 2 atom stereocenters. The number of carbonyl (C=O) groups is 1. The van der Waals surface area contributed by atoms with E-state index in [-0.39, 0.29) is 12.0 Å². The van der Waals surface area contributed by atoms with Crippen LogP contribution in [0.4, 0.5) is 5.69 Å². The molecule has 0 spiro atoms. The standard InChI is InChI=1S/C24H39N5O3/c1-18(2)14-21(29-9-12-31-13-10-29)17-27-24(25-3)26-16-19-6-4-7-20(15-19)28-23(30)22-8-5-11-32-22/h4,6-7,15,18,21-22H,5,8-14,16-17H2,1-3H3,(H,28,30)(H2,25,26,27). The molecule has 2 heterocycles.